The van der Waals surface area contributed by atoms with Crippen LogP contribution in [0.15, 0.2) is 12.3 Å². The zero-order valence-corrected chi connectivity index (χ0v) is 10.3. The van der Waals surface area contributed by atoms with Crippen LogP contribution >= 0.6 is 0 Å². The molecule has 0 atom stereocenters. The van der Waals surface area contributed by atoms with Crippen LogP contribution in [-0.4, -0.2) is 49.2 Å². The van der Waals surface area contributed by atoms with Gasteiger partial charge in [-0.05, 0) is 13.0 Å². The summed E-state index contributed by atoms with van der Waals surface area (Å²) in [6.45, 7) is 4.69. The normalized spacial score (nSPS) is 17.8. The third kappa shape index (κ3) is 3.14. The highest BCUT2D eigenvalue weighted by Gasteiger charge is 2.18. The summed E-state index contributed by atoms with van der Waals surface area (Å²) in [4.78, 5) is 7.96. The minimum atomic E-state index is -0.643. The van der Waals surface area contributed by atoms with E-state index in [9.17, 15) is 8.78 Å². The number of rotatable bonds is 3. The Kier molecular flexibility index (Phi) is 4.43. The number of anilines is 1. The van der Waals surface area contributed by atoms with E-state index < -0.39 is 11.6 Å². The molecule has 6 heteroatoms. The molecule has 100 valence electrons. The molecule has 0 radical (unpaired) electrons. The quantitative estimate of drug-likeness (QED) is 0.870. The minimum absolute atomic E-state index is 0.242. The lowest BCUT2D eigenvalue weighted by molar-refractivity contribution is 0.302. The molecule has 2 heterocycles. The SMILES string of the molecule is NCCN1CCCN(c2ncc(F)cc2F)CC1. The second kappa shape index (κ2) is 6.06. The molecule has 18 heavy (non-hydrogen) atoms. The lowest BCUT2D eigenvalue weighted by atomic mass is 10.3. The van der Waals surface area contributed by atoms with Gasteiger partial charge in [0.2, 0.25) is 0 Å². The van der Waals surface area contributed by atoms with E-state index in [1.54, 1.807) is 0 Å². The summed E-state index contributed by atoms with van der Waals surface area (Å²) in [5, 5.41) is 0. The van der Waals surface area contributed by atoms with Gasteiger partial charge in [-0.2, -0.15) is 0 Å². The summed E-state index contributed by atoms with van der Waals surface area (Å²) in [5.74, 6) is -0.996. The van der Waals surface area contributed by atoms with Crippen LogP contribution in [0.3, 0.4) is 0 Å². The van der Waals surface area contributed by atoms with Crippen molar-refractivity contribution in [3.63, 3.8) is 0 Å². The molecular formula is C12H18F2N4. The number of pyridine rings is 1. The second-order valence-corrected chi connectivity index (χ2v) is 4.43. The van der Waals surface area contributed by atoms with E-state index in [0.29, 0.717) is 13.1 Å². The molecule has 1 aliphatic rings. The molecule has 0 amide bonds. The van der Waals surface area contributed by atoms with Gasteiger partial charge in [0, 0.05) is 38.8 Å². The maximum atomic E-state index is 13.6. The summed E-state index contributed by atoms with van der Waals surface area (Å²) in [6.07, 6.45) is 1.99. The number of nitrogens with zero attached hydrogens (tertiary/aromatic N) is 3. The summed E-state index contributed by atoms with van der Waals surface area (Å²) in [5.41, 5.74) is 5.53. The van der Waals surface area contributed by atoms with Crippen LogP contribution in [0.25, 0.3) is 0 Å². The molecule has 0 saturated carbocycles. The molecule has 0 spiro atoms. The summed E-state index contributed by atoms with van der Waals surface area (Å²) in [7, 11) is 0. The Hall–Kier alpha value is -1.27. The Balaban J connectivity index is 2.05. The second-order valence-electron chi connectivity index (χ2n) is 4.43. The number of halogens is 2. The molecule has 0 aliphatic carbocycles. The molecule has 1 aromatic heterocycles. The summed E-state index contributed by atoms with van der Waals surface area (Å²) in [6, 6.07) is 0.880. The fraction of sp³-hybridized carbons (Fsp3) is 0.583. The van der Waals surface area contributed by atoms with E-state index in [-0.39, 0.29) is 5.82 Å². The Labute approximate surface area is 105 Å². The van der Waals surface area contributed by atoms with Gasteiger partial charge in [-0.1, -0.05) is 0 Å². The number of hydrogen-bond donors (Lipinski definition) is 1. The summed E-state index contributed by atoms with van der Waals surface area (Å²) < 4.78 is 26.4. The van der Waals surface area contributed by atoms with Crippen molar-refractivity contribution in [2.75, 3.05) is 44.2 Å². The van der Waals surface area contributed by atoms with Crippen molar-refractivity contribution in [1.29, 1.82) is 0 Å². The Morgan fingerprint density at radius 1 is 1.22 bits per heavy atom. The fourth-order valence-corrected chi connectivity index (χ4v) is 2.23. The zero-order valence-electron chi connectivity index (χ0n) is 10.3. The minimum Gasteiger partial charge on any atom is -0.353 e. The lowest BCUT2D eigenvalue weighted by Crippen LogP contribution is -2.34. The molecular weight excluding hydrogens is 238 g/mol. The van der Waals surface area contributed by atoms with Gasteiger partial charge in [0.25, 0.3) is 0 Å². The molecule has 4 nitrogen and oxygen atoms in total. The first kappa shape index (κ1) is 13.2. The topological polar surface area (TPSA) is 45.4 Å². The zero-order chi connectivity index (χ0) is 13.0. The highest BCUT2D eigenvalue weighted by Crippen LogP contribution is 2.18. The molecule has 2 N–H and O–H groups in total. The van der Waals surface area contributed by atoms with Gasteiger partial charge in [-0.25, -0.2) is 13.8 Å². The van der Waals surface area contributed by atoms with Gasteiger partial charge in [0.15, 0.2) is 11.6 Å². The van der Waals surface area contributed by atoms with Gasteiger partial charge in [-0.3, -0.25) is 0 Å². The van der Waals surface area contributed by atoms with Crippen LogP contribution in [0.1, 0.15) is 6.42 Å². The Morgan fingerprint density at radius 2 is 2.06 bits per heavy atom. The van der Waals surface area contributed by atoms with Crippen molar-refractivity contribution >= 4 is 5.82 Å². The lowest BCUT2D eigenvalue weighted by Gasteiger charge is -2.22. The maximum absolute atomic E-state index is 13.6. The van der Waals surface area contributed by atoms with E-state index in [2.05, 4.69) is 9.88 Å². The number of nitrogens with two attached hydrogens (primary N) is 1. The van der Waals surface area contributed by atoms with Gasteiger partial charge < -0.3 is 15.5 Å². The number of hydrogen-bond acceptors (Lipinski definition) is 4. The predicted molar refractivity (Wildman–Crippen MR) is 66.5 cm³/mol. The van der Waals surface area contributed by atoms with Crippen molar-refractivity contribution in [2.45, 2.75) is 6.42 Å². The summed E-state index contributed by atoms with van der Waals surface area (Å²) >= 11 is 0. The monoisotopic (exact) mass is 256 g/mol. The first-order valence-corrected chi connectivity index (χ1v) is 6.19. The first-order valence-electron chi connectivity index (χ1n) is 6.19. The van der Waals surface area contributed by atoms with E-state index in [0.717, 1.165) is 44.9 Å². The van der Waals surface area contributed by atoms with E-state index >= 15 is 0 Å². The highest BCUT2D eigenvalue weighted by atomic mass is 19.1. The van der Waals surface area contributed by atoms with Gasteiger partial charge in [0.05, 0.1) is 6.20 Å². The Bertz CT molecular complexity index is 400. The van der Waals surface area contributed by atoms with Crippen LogP contribution in [-0.2, 0) is 0 Å². The van der Waals surface area contributed by atoms with Gasteiger partial charge in [-0.15, -0.1) is 0 Å². The van der Waals surface area contributed by atoms with Crippen LogP contribution in [0.5, 0.6) is 0 Å². The molecule has 1 fully saturated rings. The third-order valence-electron chi connectivity index (χ3n) is 3.12. The Morgan fingerprint density at radius 3 is 2.78 bits per heavy atom. The largest absolute Gasteiger partial charge is 0.353 e. The van der Waals surface area contributed by atoms with Crippen LogP contribution < -0.4 is 10.6 Å². The van der Waals surface area contributed by atoms with Crippen molar-refractivity contribution in [3.05, 3.63) is 23.9 Å². The number of aromatic nitrogens is 1. The van der Waals surface area contributed by atoms with Gasteiger partial charge >= 0.3 is 0 Å². The smallest absolute Gasteiger partial charge is 0.168 e. The molecule has 2 rings (SSSR count). The molecule has 1 aliphatic heterocycles. The van der Waals surface area contributed by atoms with Crippen molar-refractivity contribution < 1.29 is 8.78 Å². The molecule has 1 aromatic rings. The standard InChI is InChI=1S/C12H18F2N4/c13-10-8-11(14)12(16-9-10)18-4-1-3-17(5-2-15)6-7-18/h8-9H,1-7,15H2. The van der Waals surface area contributed by atoms with Gasteiger partial charge in [0.1, 0.15) is 5.82 Å². The maximum Gasteiger partial charge on any atom is 0.168 e. The molecule has 0 bridgehead atoms. The van der Waals surface area contributed by atoms with E-state index in [1.807, 2.05) is 4.90 Å². The van der Waals surface area contributed by atoms with Crippen LogP contribution in [0.4, 0.5) is 14.6 Å². The third-order valence-corrected chi connectivity index (χ3v) is 3.12. The average Bonchev–Trinajstić information content (AvgIpc) is 2.55. The predicted octanol–water partition coefficient (Wildman–Crippen LogP) is 0.831. The van der Waals surface area contributed by atoms with E-state index in [4.69, 9.17) is 5.73 Å². The van der Waals surface area contributed by atoms with Crippen molar-refractivity contribution in [1.82, 2.24) is 9.88 Å². The molecule has 0 unspecified atom stereocenters. The highest BCUT2D eigenvalue weighted by molar-refractivity contribution is 5.40. The first-order chi connectivity index (χ1) is 8.70. The van der Waals surface area contributed by atoms with Crippen molar-refractivity contribution in [3.8, 4) is 0 Å². The molecule has 1 saturated heterocycles. The average molecular weight is 256 g/mol. The fourth-order valence-electron chi connectivity index (χ4n) is 2.23. The van der Waals surface area contributed by atoms with Crippen LogP contribution in [0.2, 0.25) is 0 Å². The molecule has 0 aromatic carbocycles. The van der Waals surface area contributed by atoms with E-state index in [1.165, 1.54) is 0 Å². The van der Waals surface area contributed by atoms with Crippen LogP contribution in [0, 0.1) is 11.6 Å². The van der Waals surface area contributed by atoms with Crippen molar-refractivity contribution in [2.24, 2.45) is 5.73 Å².